The third-order valence-electron chi connectivity index (χ3n) is 4.10. The number of piperidine rings is 1. The largest absolute Gasteiger partial charge is 0.311 e. The van der Waals surface area contributed by atoms with Gasteiger partial charge in [0.2, 0.25) is 0 Å². The van der Waals surface area contributed by atoms with Crippen molar-refractivity contribution in [2.24, 2.45) is 5.92 Å². The minimum atomic E-state index is -1.10. The number of carbonyl (C=O) groups excluding carboxylic acids is 1. The van der Waals surface area contributed by atoms with Crippen molar-refractivity contribution in [3.8, 4) is 0 Å². The Balaban J connectivity index is 1.88. The van der Waals surface area contributed by atoms with Gasteiger partial charge >= 0.3 is 0 Å². The van der Waals surface area contributed by atoms with Crippen LogP contribution >= 0.6 is 0 Å². The maximum absolute atomic E-state index is 13.6. The quantitative estimate of drug-likeness (QED) is 0.836. The Morgan fingerprint density at radius 1 is 1.05 bits per heavy atom. The van der Waals surface area contributed by atoms with Crippen molar-refractivity contribution in [3.63, 3.8) is 0 Å². The molecule has 2 aliphatic heterocycles. The van der Waals surface area contributed by atoms with E-state index in [2.05, 4.69) is 5.32 Å². The Kier molecular flexibility index (Phi) is 3.09. The summed E-state index contributed by atoms with van der Waals surface area (Å²) in [7, 11) is 0. The standard InChI is InChI=1S/C14H14F3NO/c15-8-5-11(16)13(12(17)6-8)14(19)7-3-9-1-2-10(4-7)18-9/h5-7,9-10,18H,1-4H2. The molecule has 0 aromatic heterocycles. The van der Waals surface area contributed by atoms with Gasteiger partial charge in [0.05, 0.1) is 5.56 Å². The van der Waals surface area contributed by atoms with Crippen LogP contribution in [0.3, 0.4) is 0 Å². The number of ketones is 1. The van der Waals surface area contributed by atoms with Gasteiger partial charge in [-0.15, -0.1) is 0 Å². The van der Waals surface area contributed by atoms with Gasteiger partial charge in [0.1, 0.15) is 17.5 Å². The van der Waals surface area contributed by atoms with Crippen LogP contribution in [0.15, 0.2) is 12.1 Å². The van der Waals surface area contributed by atoms with Crippen molar-refractivity contribution in [1.82, 2.24) is 5.32 Å². The summed E-state index contributed by atoms with van der Waals surface area (Å²) < 4.78 is 40.1. The number of halogens is 3. The minimum Gasteiger partial charge on any atom is -0.311 e. The molecule has 2 nitrogen and oxygen atoms in total. The molecule has 1 aromatic carbocycles. The van der Waals surface area contributed by atoms with Crippen molar-refractivity contribution in [2.75, 3.05) is 0 Å². The molecule has 1 aromatic rings. The SMILES string of the molecule is O=C(c1c(F)cc(F)cc1F)C1CC2CCC(C1)N2. The van der Waals surface area contributed by atoms with Crippen molar-refractivity contribution in [2.45, 2.75) is 37.8 Å². The average molecular weight is 269 g/mol. The number of nitrogens with one attached hydrogen (secondary N) is 1. The molecule has 1 N–H and O–H groups in total. The lowest BCUT2D eigenvalue weighted by atomic mass is 9.85. The van der Waals surface area contributed by atoms with E-state index in [0.29, 0.717) is 25.0 Å². The molecule has 19 heavy (non-hydrogen) atoms. The highest BCUT2D eigenvalue weighted by molar-refractivity contribution is 5.98. The Labute approximate surface area is 109 Å². The first-order valence-electron chi connectivity index (χ1n) is 6.49. The first-order chi connectivity index (χ1) is 9.04. The molecule has 2 unspecified atom stereocenters. The molecule has 3 rings (SSSR count). The molecule has 2 saturated heterocycles. The van der Waals surface area contributed by atoms with Gasteiger partial charge in [-0.05, 0) is 25.7 Å². The van der Waals surface area contributed by atoms with E-state index in [1.165, 1.54) is 0 Å². The second-order valence-corrected chi connectivity index (χ2v) is 5.41. The number of carbonyl (C=O) groups is 1. The van der Waals surface area contributed by atoms with Gasteiger partial charge in [0, 0.05) is 30.1 Å². The molecule has 0 saturated carbocycles. The lowest BCUT2D eigenvalue weighted by Gasteiger charge is -2.28. The summed E-state index contributed by atoms with van der Waals surface area (Å²) in [5.41, 5.74) is -0.590. The molecular weight excluding hydrogens is 255 g/mol. The highest BCUT2D eigenvalue weighted by atomic mass is 19.1. The highest BCUT2D eigenvalue weighted by Gasteiger charge is 2.38. The zero-order valence-electron chi connectivity index (χ0n) is 10.3. The molecule has 2 aliphatic rings. The lowest BCUT2D eigenvalue weighted by molar-refractivity contribution is 0.0866. The molecule has 0 spiro atoms. The second kappa shape index (κ2) is 4.63. The molecule has 2 heterocycles. The Bertz CT molecular complexity index is 496. The molecule has 2 bridgehead atoms. The highest BCUT2D eigenvalue weighted by Crippen LogP contribution is 2.33. The van der Waals surface area contributed by atoms with Crippen LogP contribution < -0.4 is 5.32 Å². The van der Waals surface area contributed by atoms with E-state index in [0.717, 1.165) is 12.8 Å². The minimum absolute atomic E-state index is 0.263. The molecular formula is C14H14F3NO. The van der Waals surface area contributed by atoms with Crippen LogP contribution in [0.5, 0.6) is 0 Å². The molecule has 0 aliphatic carbocycles. The van der Waals surface area contributed by atoms with Gasteiger partial charge in [0.15, 0.2) is 5.78 Å². The van der Waals surface area contributed by atoms with E-state index in [4.69, 9.17) is 0 Å². The number of Topliss-reactive ketones (excluding diaryl/α,β-unsaturated/α-hetero) is 1. The van der Waals surface area contributed by atoms with Crippen LogP contribution in [0.2, 0.25) is 0 Å². The normalized spacial score (nSPS) is 29.5. The molecule has 0 radical (unpaired) electrons. The Morgan fingerprint density at radius 3 is 2.11 bits per heavy atom. The number of benzene rings is 1. The van der Waals surface area contributed by atoms with E-state index in [1.807, 2.05) is 0 Å². The summed E-state index contributed by atoms with van der Waals surface area (Å²) in [6.07, 6.45) is 3.21. The zero-order chi connectivity index (χ0) is 13.6. The van der Waals surface area contributed by atoms with E-state index >= 15 is 0 Å². The van der Waals surface area contributed by atoms with Crippen LogP contribution in [0, 0.1) is 23.4 Å². The van der Waals surface area contributed by atoms with Crippen LogP contribution in [0.25, 0.3) is 0 Å². The average Bonchev–Trinajstić information content (AvgIpc) is 2.66. The van der Waals surface area contributed by atoms with Gasteiger partial charge < -0.3 is 5.32 Å². The predicted octanol–water partition coefficient (Wildman–Crippen LogP) is 2.82. The number of hydrogen-bond donors (Lipinski definition) is 1. The fourth-order valence-electron chi connectivity index (χ4n) is 3.25. The summed E-state index contributed by atoms with van der Waals surface area (Å²) in [5, 5.41) is 3.37. The maximum Gasteiger partial charge on any atom is 0.171 e. The third-order valence-corrected chi connectivity index (χ3v) is 4.10. The summed E-state index contributed by atoms with van der Waals surface area (Å²) in [6.45, 7) is 0. The van der Waals surface area contributed by atoms with E-state index in [1.54, 1.807) is 0 Å². The summed E-state index contributed by atoms with van der Waals surface area (Å²) in [5.74, 6) is -4.11. The van der Waals surface area contributed by atoms with Gasteiger partial charge in [-0.3, -0.25) is 4.79 Å². The van der Waals surface area contributed by atoms with E-state index in [-0.39, 0.29) is 18.0 Å². The number of hydrogen-bond acceptors (Lipinski definition) is 2. The fraction of sp³-hybridized carbons (Fsp3) is 0.500. The summed E-state index contributed by atoms with van der Waals surface area (Å²) >= 11 is 0. The number of rotatable bonds is 2. The van der Waals surface area contributed by atoms with Gasteiger partial charge in [0.25, 0.3) is 0 Å². The van der Waals surface area contributed by atoms with Crippen molar-refractivity contribution in [1.29, 1.82) is 0 Å². The lowest BCUT2D eigenvalue weighted by Crippen LogP contribution is -2.40. The monoisotopic (exact) mass is 269 g/mol. The predicted molar refractivity (Wildman–Crippen MR) is 63.3 cm³/mol. The van der Waals surface area contributed by atoms with Gasteiger partial charge in [-0.2, -0.15) is 0 Å². The van der Waals surface area contributed by atoms with Gasteiger partial charge in [-0.1, -0.05) is 0 Å². The van der Waals surface area contributed by atoms with Crippen molar-refractivity contribution >= 4 is 5.78 Å². The fourth-order valence-corrected chi connectivity index (χ4v) is 3.25. The van der Waals surface area contributed by atoms with E-state index in [9.17, 15) is 18.0 Å². The van der Waals surface area contributed by atoms with Crippen LogP contribution in [0.1, 0.15) is 36.0 Å². The third kappa shape index (κ3) is 2.27. The maximum atomic E-state index is 13.6. The summed E-state index contributed by atoms with van der Waals surface area (Å²) in [6, 6.07) is 1.65. The first kappa shape index (κ1) is 12.7. The molecule has 5 heteroatoms. The topological polar surface area (TPSA) is 29.1 Å². The smallest absolute Gasteiger partial charge is 0.171 e. The Morgan fingerprint density at radius 2 is 1.58 bits per heavy atom. The summed E-state index contributed by atoms with van der Waals surface area (Å²) in [4.78, 5) is 12.2. The Hall–Kier alpha value is -1.36. The molecule has 2 atom stereocenters. The van der Waals surface area contributed by atoms with E-state index < -0.39 is 28.8 Å². The number of fused-ring (bicyclic) bond motifs is 2. The van der Waals surface area contributed by atoms with Crippen LogP contribution in [-0.2, 0) is 0 Å². The molecule has 2 fully saturated rings. The first-order valence-corrected chi connectivity index (χ1v) is 6.49. The van der Waals surface area contributed by atoms with Crippen molar-refractivity contribution < 1.29 is 18.0 Å². The van der Waals surface area contributed by atoms with Crippen LogP contribution in [-0.4, -0.2) is 17.9 Å². The molecule has 0 amide bonds. The molecule has 102 valence electrons. The van der Waals surface area contributed by atoms with Crippen molar-refractivity contribution in [3.05, 3.63) is 35.1 Å². The van der Waals surface area contributed by atoms with Crippen LogP contribution in [0.4, 0.5) is 13.2 Å². The second-order valence-electron chi connectivity index (χ2n) is 5.41. The van der Waals surface area contributed by atoms with Gasteiger partial charge in [-0.25, -0.2) is 13.2 Å². The zero-order valence-corrected chi connectivity index (χ0v) is 10.3.